The number of amides is 1. The maximum absolute atomic E-state index is 12.8. The van der Waals surface area contributed by atoms with Gasteiger partial charge in [0, 0.05) is 44.0 Å². The number of hydrogen-bond acceptors (Lipinski definition) is 5. The lowest BCUT2D eigenvalue weighted by atomic mass is 10.0. The van der Waals surface area contributed by atoms with Crippen molar-refractivity contribution in [2.75, 3.05) is 41.1 Å². The Bertz CT molecular complexity index is 941. The number of carbonyl (C=O) groups excluding carboxylic acids is 1. The Balaban J connectivity index is 1.72. The molecular formula is C22H29N2O5P. The van der Waals surface area contributed by atoms with Crippen LogP contribution >= 0.6 is 7.52 Å². The van der Waals surface area contributed by atoms with Gasteiger partial charge in [0.2, 0.25) is 0 Å². The fourth-order valence-electron chi connectivity index (χ4n) is 3.70. The molecule has 2 aromatic rings. The monoisotopic (exact) mass is 432 g/mol. The third kappa shape index (κ3) is 4.86. The molecule has 8 heteroatoms. The summed E-state index contributed by atoms with van der Waals surface area (Å²) in [6, 6.07) is 13.2. The SMILES string of the molecule is COc1cccc(-c2cccc(C(=O)NC3CCN(P(C)(=O)OC)CC3)c2)c1OC. The molecule has 3 rings (SSSR count). The zero-order valence-corrected chi connectivity index (χ0v) is 18.8. The van der Waals surface area contributed by atoms with Gasteiger partial charge in [-0.1, -0.05) is 24.3 Å². The number of benzene rings is 2. The highest BCUT2D eigenvalue weighted by Gasteiger charge is 2.30. The highest BCUT2D eigenvalue weighted by Crippen LogP contribution is 2.47. The van der Waals surface area contributed by atoms with Crippen molar-refractivity contribution in [2.24, 2.45) is 0 Å². The van der Waals surface area contributed by atoms with Gasteiger partial charge in [0.25, 0.3) is 13.4 Å². The molecule has 0 spiro atoms. The van der Waals surface area contributed by atoms with Crippen LogP contribution in [0.2, 0.25) is 0 Å². The molecule has 1 heterocycles. The first-order chi connectivity index (χ1) is 14.4. The van der Waals surface area contributed by atoms with Gasteiger partial charge < -0.3 is 19.3 Å². The van der Waals surface area contributed by atoms with E-state index in [1.807, 2.05) is 41.1 Å². The van der Waals surface area contributed by atoms with Crippen molar-refractivity contribution in [3.05, 3.63) is 48.0 Å². The van der Waals surface area contributed by atoms with E-state index < -0.39 is 7.52 Å². The van der Waals surface area contributed by atoms with Crippen molar-refractivity contribution < 1.29 is 23.4 Å². The van der Waals surface area contributed by atoms with Crippen LogP contribution in [0.4, 0.5) is 0 Å². The van der Waals surface area contributed by atoms with Gasteiger partial charge in [-0.2, -0.15) is 0 Å². The third-order valence-corrected chi connectivity index (χ3v) is 7.60. The maximum atomic E-state index is 12.8. The van der Waals surface area contributed by atoms with E-state index in [2.05, 4.69) is 5.32 Å². The Labute approximate surface area is 177 Å². The van der Waals surface area contributed by atoms with Crippen LogP contribution in [-0.4, -0.2) is 57.7 Å². The fourth-order valence-corrected chi connectivity index (χ4v) is 4.89. The zero-order chi connectivity index (χ0) is 21.7. The molecule has 0 radical (unpaired) electrons. The van der Waals surface area contributed by atoms with Gasteiger partial charge >= 0.3 is 0 Å². The number of nitrogens with one attached hydrogen (secondary N) is 1. The minimum atomic E-state index is -2.72. The van der Waals surface area contributed by atoms with Crippen LogP contribution in [-0.2, 0) is 9.09 Å². The van der Waals surface area contributed by atoms with Crippen molar-refractivity contribution in [1.29, 1.82) is 0 Å². The standard InChI is InChI=1S/C22H29N2O5P/c1-27-20-10-6-9-19(21(20)28-2)16-7-5-8-17(15-16)22(25)23-18-11-13-24(14-12-18)30(4,26)29-3/h5-10,15,18H,11-14H2,1-4H3,(H,23,25). The molecule has 162 valence electrons. The van der Waals surface area contributed by atoms with Crippen LogP contribution < -0.4 is 14.8 Å². The highest BCUT2D eigenvalue weighted by atomic mass is 31.2. The van der Waals surface area contributed by atoms with E-state index >= 15 is 0 Å². The maximum Gasteiger partial charge on any atom is 0.269 e. The summed E-state index contributed by atoms with van der Waals surface area (Å²) in [6.45, 7) is 2.89. The lowest BCUT2D eigenvalue weighted by molar-refractivity contribution is 0.0922. The number of carbonyl (C=O) groups is 1. The second-order valence-electron chi connectivity index (χ2n) is 7.31. The Hall–Kier alpha value is -2.34. The predicted octanol–water partition coefficient (Wildman–Crippen LogP) is 4.03. The van der Waals surface area contributed by atoms with Gasteiger partial charge in [-0.15, -0.1) is 0 Å². The summed E-state index contributed by atoms with van der Waals surface area (Å²) in [7, 11) is 1.95. The third-order valence-electron chi connectivity index (χ3n) is 5.50. The molecule has 0 saturated carbocycles. The van der Waals surface area contributed by atoms with Crippen molar-refractivity contribution in [1.82, 2.24) is 9.99 Å². The number of methoxy groups -OCH3 is 2. The number of nitrogens with zero attached hydrogens (tertiary/aromatic N) is 1. The molecule has 1 amide bonds. The minimum Gasteiger partial charge on any atom is -0.493 e. The van der Waals surface area contributed by atoms with E-state index in [-0.39, 0.29) is 11.9 Å². The molecule has 30 heavy (non-hydrogen) atoms. The first-order valence-electron chi connectivity index (χ1n) is 9.90. The molecule has 0 aromatic heterocycles. The van der Waals surface area contributed by atoms with Gasteiger partial charge in [0.1, 0.15) is 0 Å². The Morgan fingerprint density at radius 3 is 2.40 bits per heavy atom. The summed E-state index contributed by atoms with van der Waals surface area (Å²) >= 11 is 0. The molecule has 1 unspecified atom stereocenters. The lowest BCUT2D eigenvalue weighted by Gasteiger charge is -2.34. The van der Waals surface area contributed by atoms with Crippen molar-refractivity contribution in [2.45, 2.75) is 18.9 Å². The summed E-state index contributed by atoms with van der Waals surface area (Å²) in [4.78, 5) is 12.8. The quantitative estimate of drug-likeness (QED) is 0.666. The van der Waals surface area contributed by atoms with Crippen molar-refractivity contribution in [3.8, 4) is 22.6 Å². The molecule has 0 aliphatic carbocycles. The molecule has 7 nitrogen and oxygen atoms in total. The minimum absolute atomic E-state index is 0.0422. The molecule has 1 saturated heterocycles. The number of para-hydroxylation sites is 1. The predicted molar refractivity (Wildman–Crippen MR) is 118 cm³/mol. The summed E-state index contributed by atoms with van der Waals surface area (Å²) in [5, 5.41) is 3.10. The van der Waals surface area contributed by atoms with Gasteiger partial charge in [-0.25, -0.2) is 4.67 Å². The first kappa shape index (κ1) is 22.3. The van der Waals surface area contributed by atoms with Crippen LogP contribution in [0.15, 0.2) is 42.5 Å². The Morgan fingerprint density at radius 2 is 1.77 bits per heavy atom. The summed E-state index contributed by atoms with van der Waals surface area (Å²) in [5.74, 6) is 1.15. The molecule has 1 aliphatic heterocycles. The molecule has 1 atom stereocenters. The van der Waals surface area contributed by atoms with Crippen LogP contribution in [0.25, 0.3) is 11.1 Å². The van der Waals surface area contributed by atoms with Gasteiger partial charge in [-0.05, 0) is 36.6 Å². The Morgan fingerprint density at radius 1 is 1.07 bits per heavy atom. The van der Waals surface area contributed by atoms with E-state index in [9.17, 15) is 9.36 Å². The topological polar surface area (TPSA) is 77.1 Å². The largest absolute Gasteiger partial charge is 0.493 e. The van der Waals surface area contributed by atoms with E-state index in [0.717, 1.165) is 24.0 Å². The average molecular weight is 432 g/mol. The van der Waals surface area contributed by atoms with Crippen LogP contribution in [0.1, 0.15) is 23.2 Å². The van der Waals surface area contributed by atoms with Gasteiger partial charge in [-0.3, -0.25) is 9.36 Å². The van der Waals surface area contributed by atoms with E-state index in [4.69, 9.17) is 14.0 Å². The van der Waals surface area contributed by atoms with E-state index in [0.29, 0.717) is 30.2 Å². The normalized spacial score (nSPS) is 17.2. The highest BCUT2D eigenvalue weighted by molar-refractivity contribution is 7.55. The van der Waals surface area contributed by atoms with E-state index in [1.165, 1.54) is 7.11 Å². The summed E-state index contributed by atoms with van der Waals surface area (Å²) in [6.07, 6.45) is 1.46. The molecule has 1 N–H and O–H groups in total. The average Bonchev–Trinajstić information content (AvgIpc) is 2.78. The number of ether oxygens (including phenoxy) is 2. The second-order valence-corrected chi connectivity index (χ2v) is 9.85. The van der Waals surface area contributed by atoms with Crippen LogP contribution in [0.3, 0.4) is 0 Å². The number of hydrogen-bond donors (Lipinski definition) is 1. The summed E-state index contributed by atoms with van der Waals surface area (Å²) < 4.78 is 30.3. The van der Waals surface area contributed by atoms with Crippen LogP contribution in [0.5, 0.6) is 11.5 Å². The molecular weight excluding hydrogens is 403 g/mol. The second kappa shape index (κ2) is 9.65. The van der Waals surface area contributed by atoms with Gasteiger partial charge in [0.15, 0.2) is 11.5 Å². The van der Waals surface area contributed by atoms with Crippen LogP contribution in [0, 0.1) is 0 Å². The van der Waals surface area contributed by atoms with Gasteiger partial charge in [0.05, 0.1) is 14.2 Å². The molecule has 1 aliphatic rings. The van der Waals surface area contributed by atoms with Crippen molar-refractivity contribution in [3.63, 3.8) is 0 Å². The van der Waals surface area contributed by atoms with Crippen molar-refractivity contribution >= 4 is 13.4 Å². The smallest absolute Gasteiger partial charge is 0.269 e. The Kier molecular flexibility index (Phi) is 7.19. The fraction of sp³-hybridized carbons (Fsp3) is 0.409. The number of piperidine rings is 1. The first-order valence-corrected chi connectivity index (χ1v) is 11.9. The lowest BCUT2D eigenvalue weighted by Crippen LogP contribution is -2.43. The van der Waals surface area contributed by atoms with E-state index in [1.54, 1.807) is 27.0 Å². The molecule has 2 aromatic carbocycles. The zero-order valence-electron chi connectivity index (χ0n) is 17.9. The number of rotatable bonds is 7. The molecule has 1 fully saturated rings. The summed E-state index contributed by atoms with van der Waals surface area (Å²) in [5.41, 5.74) is 2.32. The molecule has 0 bridgehead atoms.